The zero-order valence-electron chi connectivity index (χ0n) is 12.9. The number of amides is 2. The van der Waals surface area contributed by atoms with Gasteiger partial charge in [-0.05, 0) is 26.0 Å². The van der Waals surface area contributed by atoms with Gasteiger partial charge in [0.25, 0.3) is 5.91 Å². The first-order valence-electron chi connectivity index (χ1n) is 6.45. The number of nitrogens with zero attached hydrogens (tertiary/aromatic N) is 2. The Balaban J connectivity index is 3.26. The molecule has 114 valence electrons. The van der Waals surface area contributed by atoms with Gasteiger partial charge in [0.1, 0.15) is 5.54 Å². The van der Waals surface area contributed by atoms with E-state index in [4.69, 9.17) is 0 Å². The molecule has 1 rings (SSSR count). The summed E-state index contributed by atoms with van der Waals surface area (Å²) in [5.74, 6) is -1.77. The number of anilines is 1. The molecule has 0 spiro atoms. The minimum atomic E-state index is -1.35. The highest BCUT2D eigenvalue weighted by molar-refractivity contribution is 6.05. The number of para-hydroxylation sites is 1. The second kappa shape index (κ2) is 5.95. The van der Waals surface area contributed by atoms with E-state index in [0.717, 1.165) is 4.90 Å². The summed E-state index contributed by atoms with van der Waals surface area (Å²) in [6, 6.07) is 6.61. The van der Waals surface area contributed by atoms with E-state index < -0.39 is 17.4 Å². The van der Waals surface area contributed by atoms with Crippen molar-refractivity contribution in [3.63, 3.8) is 0 Å². The number of likely N-dealkylation sites (N-methyl/N-ethyl adjacent to an activating group) is 1. The van der Waals surface area contributed by atoms with Gasteiger partial charge < -0.3 is 14.9 Å². The van der Waals surface area contributed by atoms with Crippen LogP contribution in [0.1, 0.15) is 31.1 Å². The summed E-state index contributed by atoms with van der Waals surface area (Å²) in [7, 11) is 3.00. The van der Waals surface area contributed by atoms with Crippen LogP contribution in [0.2, 0.25) is 0 Å². The second-order valence-corrected chi connectivity index (χ2v) is 5.32. The highest BCUT2D eigenvalue weighted by Gasteiger charge is 2.36. The number of benzene rings is 1. The Labute approximate surface area is 124 Å². The maximum absolute atomic E-state index is 12.6. The molecule has 0 heterocycles. The predicted octanol–water partition coefficient (Wildman–Crippen LogP) is 1.60. The average molecular weight is 292 g/mol. The van der Waals surface area contributed by atoms with Gasteiger partial charge in [0.15, 0.2) is 0 Å². The van der Waals surface area contributed by atoms with Gasteiger partial charge in [-0.15, -0.1) is 0 Å². The number of aliphatic carboxylic acids is 1. The van der Waals surface area contributed by atoms with Crippen molar-refractivity contribution in [3.8, 4) is 0 Å². The third-order valence-electron chi connectivity index (χ3n) is 3.63. The van der Waals surface area contributed by atoms with Crippen molar-refractivity contribution in [3.05, 3.63) is 29.8 Å². The molecular formula is C15H20N2O4. The Hall–Kier alpha value is -2.37. The van der Waals surface area contributed by atoms with Crippen LogP contribution in [0.4, 0.5) is 5.69 Å². The Morgan fingerprint density at radius 2 is 1.62 bits per heavy atom. The summed E-state index contributed by atoms with van der Waals surface area (Å²) >= 11 is 0. The molecule has 2 amide bonds. The number of carboxylic acids is 1. The van der Waals surface area contributed by atoms with Gasteiger partial charge in [-0.2, -0.15) is 0 Å². The van der Waals surface area contributed by atoms with Crippen LogP contribution in [-0.4, -0.2) is 47.4 Å². The van der Waals surface area contributed by atoms with E-state index in [1.807, 2.05) is 0 Å². The molecule has 0 aliphatic heterocycles. The third-order valence-corrected chi connectivity index (χ3v) is 3.63. The Morgan fingerprint density at radius 3 is 2.10 bits per heavy atom. The zero-order chi connectivity index (χ0) is 16.4. The number of carbonyl (C=O) groups excluding carboxylic acids is 2. The van der Waals surface area contributed by atoms with E-state index in [1.54, 1.807) is 31.3 Å². The van der Waals surface area contributed by atoms with E-state index in [2.05, 4.69) is 0 Å². The molecule has 6 nitrogen and oxygen atoms in total. The lowest BCUT2D eigenvalue weighted by atomic mass is 10.0. The summed E-state index contributed by atoms with van der Waals surface area (Å²) in [6.45, 7) is 4.29. The molecule has 0 unspecified atom stereocenters. The first kappa shape index (κ1) is 16.7. The molecule has 0 fully saturated rings. The smallest absolute Gasteiger partial charge is 0.329 e. The summed E-state index contributed by atoms with van der Waals surface area (Å²) in [4.78, 5) is 37.8. The van der Waals surface area contributed by atoms with Crippen molar-refractivity contribution < 1.29 is 19.5 Å². The molecule has 1 N–H and O–H groups in total. The van der Waals surface area contributed by atoms with Crippen molar-refractivity contribution >= 4 is 23.5 Å². The highest BCUT2D eigenvalue weighted by Crippen LogP contribution is 2.24. The van der Waals surface area contributed by atoms with Crippen LogP contribution in [-0.2, 0) is 9.59 Å². The molecule has 21 heavy (non-hydrogen) atoms. The molecule has 0 saturated heterocycles. The minimum Gasteiger partial charge on any atom is -0.480 e. The van der Waals surface area contributed by atoms with Crippen LogP contribution in [0, 0.1) is 0 Å². The first-order valence-corrected chi connectivity index (χ1v) is 6.45. The molecule has 0 aliphatic rings. The van der Waals surface area contributed by atoms with E-state index in [-0.39, 0.29) is 11.5 Å². The standard InChI is InChI=1S/C15H20N2O4/c1-10(18)16(4)12-9-7-6-8-11(12)13(19)17(5)15(2,3)14(20)21/h6-9H,1-5H3,(H,20,21). The fourth-order valence-electron chi connectivity index (χ4n) is 1.69. The number of rotatable bonds is 4. The molecule has 0 aliphatic carbocycles. The van der Waals surface area contributed by atoms with Gasteiger partial charge in [-0.25, -0.2) is 4.79 Å². The van der Waals surface area contributed by atoms with E-state index in [1.165, 1.54) is 32.7 Å². The quantitative estimate of drug-likeness (QED) is 0.914. The summed E-state index contributed by atoms with van der Waals surface area (Å²) in [5, 5.41) is 9.22. The Morgan fingerprint density at radius 1 is 1.10 bits per heavy atom. The zero-order valence-corrected chi connectivity index (χ0v) is 12.9. The van der Waals surface area contributed by atoms with Gasteiger partial charge in [0, 0.05) is 21.0 Å². The topological polar surface area (TPSA) is 77.9 Å². The first-order chi connectivity index (χ1) is 9.60. The lowest BCUT2D eigenvalue weighted by Gasteiger charge is -2.32. The van der Waals surface area contributed by atoms with Gasteiger partial charge >= 0.3 is 5.97 Å². The molecule has 1 aromatic rings. The van der Waals surface area contributed by atoms with Crippen molar-refractivity contribution in [2.24, 2.45) is 0 Å². The van der Waals surface area contributed by atoms with Crippen LogP contribution < -0.4 is 4.90 Å². The van der Waals surface area contributed by atoms with Crippen LogP contribution in [0.5, 0.6) is 0 Å². The second-order valence-electron chi connectivity index (χ2n) is 5.32. The molecule has 0 radical (unpaired) electrons. The van der Waals surface area contributed by atoms with Crippen molar-refractivity contribution in [1.82, 2.24) is 4.90 Å². The van der Waals surface area contributed by atoms with Crippen molar-refractivity contribution in [2.75, 3.05) is 19.0 Å². The molecular weight excluding hydrogens is 272 g/mol. The van der Waals surface area contributed by atoms with Gasteiger partial charge in [-0.3, -0.25) is 9.59 Å². The molecule has 1 aromatic carbocycles. The third kappa shape index (κ3) is 3.21. The normalized spacial score (nSPS) is 10.9. The highest BCUT2D eigenvalue weighted by atomic mass is 16.4. The molecule has 0 saturated carbocycles. The lowest BCUT2D eigenvalue weighted by Crippen LogP contribution is -2.51. The van der Waals surface area contributed by atoms with Crippen LogP contribution in [0.15, 0.2) is 24.3 Å². The molecule has 0 atom stereocenters. The summed E-state index contributed by atoms with van der Waals surface area (Å²) in [5.41, 5.74) is -0.617. The summed E-state index contributed by atoms with van der Waals surface area (Å²) in [6.07, 6.45) is 0. The number of hydrogen-bond donors (Lipinski definition) is 1. The number of hydrogen-bond acceptors (Lipinski definition) is 3. The SMILES string of the molecule is CC(=O)N(C)c1ccccc1C(=O)N(C)C(C)(C)C(=O)O. The van der Waals surface area contributed by atoms with Crippen LogP contribution in [0.25, 0.3) is 0 Å². The predicted molar refractivity (Wildman–Crippen MR) is 79.3 cm³/mol. The van der Waals surface area contributed by atoms with Gasteiger partial charge in [0.2, 0.25) is 5.91 Å². The largest absolute Gasteiger partial charge is 0.480 e. The fourth-order valence-corrected chi connectivity index (χ4v) is 1.69. The van der Waals surface area contributed by atoms with E-state index in [0.29, 0.717) is 5.69 Å². The molecule has 0 aromatic heterocycles. The maximum Gasteiger partial charge on any atom is 0.329 e. The van der Waals surface area contributed by atoms with Crippen molar-refractivity contribution in [2.45, 2.75) is 26.3 Å². The van der Waals surface area contributed by atoms with Crippen molar-refractivity contribution in [1.29, 1.82) is 0 Å². The van der Waals surface area contributed by atoms with Crippen LogP contribution in [0.3, 0.4) is 0 Å². The minimum absolute atomic E-state index is 0.213. The van der Waals surface area contributed by atoms with Gasteiger partial charge in [-0.1, -0.05) is 12.1 Å². The Bertz CT molecular complexity index is 581. The number of carboxylic acid groups (broad SMARTS) is 1. The molecule has 6 heteroatoms. The number of carbonyl (C=O) groups is 3. The van der Waals surface area contributed by atoms with E-state index >= 15 is 0 Å². The Kier molecular flexibility index (Phi) is 4.73. The molecule has 0 bridgehead atoms. The van der Waals surface area contributed by atoms with E-state index in [9.17, 15) is 19.5 Å². The fraction of sp³-hybridized carbons (Fsp3) is 0.400. The lowest BCUT2D eigenvalue weighted by molar-refractivity contribution is -0.147. The average Bonchev–Trinajstić information content (AvgIpc) is 2.44. The maximum atomic E-state index is 12.6. The van der Waals surface area contributed by atoms with Crippen LogP contribution >= 0.6 is 0 Å². The van der Waals surface area contributed by atoms with Gasteiger partial charge in [0.05, 0.1) is 11.3 Å². The monoisotopic (exact) mass is 292 g/mol. The summed E-state index contributed by atoms with van der Waals surface area (Å²) < 4.78 is 0.